The van der Waals surface area contributed by atoms with Gasteiger partial charge in [0, 0.05) is 5.69 Å². The first kappa shape index (κ1) is 11.9. The molecule has 0 spiro atoms. The van der Waals surface area contributed by atoms with Crippen LogP contribution in [0.4, 0.5) is 14.9 Å². The average molecular weight is 238 g/mol. The lowest BCUT2D eigenvalue weighted by molar-refractivity contribution is 0.136. The van der Waals surface area contributed by atoms with Gasteiger partial charge in [-0.1, -0.05) is 0 Å². The number of carbonyl (C=O) groups excluding carboxylic acids is 1. The van der Waals surface area contributed by atoms with Gasteiger partial charge in [0.2, 0.25) is 0 Å². The van der Waals surface area contributed by atoms with E-state index in [1.807, 2.05) is 0 Å². The summed E-state index contributed by atoms with van der Waals surface area (Å²) in [7, 11) is 0. The lowest BCUT2D eigenvalue weighted by atomic mass is 10.2. The molecule has 1 unspecified atom stereocenters. The van der Waals surface area contributed by atoms with Crippen molar-refractivity contribution < 1.29 is 13.9 Å². The summed E-state index contributed by atoms with van der Waals surface area (Å²) in [6, 6.07) is 5.80. The molecule has 1 atom stereocenters. The molecule has 0 saturated carbocycles. The van der Waals surface area contributed by atoms with Gasteiger partial charge in [-0.2, -0.15) is 0 Å². The number of hydrogen-bond donors (Lipinski definition) is 1. The number of ether oxygens (including phenoxy) is 1. The summed E-state index contributed by atoms with van der Waals surface area (Å²) in [5.74, 6) is -0.319. The number of rotatable bonds is 4. The number of benzene rings is 1. The van der Waals surface area contributed by atoms with Crippen molar-refractivity contribution in [1.29, 1.82) is 0 Å². The molecule has 1 amide bonds. The van der Waals surface area contributed by atoms with Crippen molar-refractivity contribution in [3.05, 3.63) is 30.1 Å². The van der Waals surface area contributed by atoms with E-state index in [0.29, 0.717) is 18.8 Å². The average Bonchev–Trinajstić information content (AvgIpc) is 2.69. The molecule has 1 heterocycles. The predicted octanol–water partition coefficient (Wildman–Crippen LogP) is 1.89. The zero-order valence-corrected chi connectivity index (χ0v) is 9.43. The smallest absolute Gasteiger partial charge is 0.414 e. The third-order valence-electron chi connectivity index (χ3n) is 2.74. The van der Waals surface area contributed by atoms with E-state index < -0.39 is 0 Å². The van der Waals surface area contributed by atoms with Gasteiger partial charge in [0.05, 0.1) is 6.54 Å². The van der Waals surface area contributed by atoms with Gasteiger partial charge in [-0.3, -0.25) is 4.90 Å². The van der Waals surface area contributed by atoms with E-state index in [2.05, 4.69) is 0 Å². The summed E-state index contributed by atoms with van der Waals surface area (Å²) in [4.78, 5) is 13.1. The van der Waals surface area contributed by atoms with Crippen LogP contribution in [-0.4, -0.2) is 25.3 Å². The van der Waals surface area contributed by atoms with Gasteiger partial charge in [0.25, 0.3) is 0 Å². The first-order valence-electron chi connectivity index (χ1n) is 5.64. The number of hydrogen-bond acceptors (Lipinski definition) is 3. The van der Waals surface area contributed by atoms with Crippen LogP contribution in [0, 0.1) is 5.82 Å². The maximum Gasteiger partial charge on any atom is 0.414 e. The molecule has 1 aliphatic rings. The van der Waals surface area contributed by atoms with Gasteiger partial charge in [-0.05, 0) is 43.7 Å². The van der Waals surface area contributed by atoms with E-state index in [0.717, 1.165) is 12.8 Å². The van der Waals surface area contributed by atoms with E-state index in [1.54, 1.807) is 12.1 Å². The largest absolute Gasteiger partial charge is 0.444 e. The molecular weight excluding hydrogens is 223 g/mol. The molecule has 0 aromatic heterocycles. The number of carbonyl (C=O) groups is 1. The Labute approximate surface area is 99.2 Å². The lowest BCUT2D eigenvalue weighted by Crippen LogP contribution is -2.24. The highest BCUT2D eigenvalue weighted by molar-refractivity contribution is 5.89. The predicted molar refractivity (Wildman–Crippen MR) is 62.3 cm³/mol. The van der Waals surface area contributed by atoms with Gasteiger partial charge in [0.15, 0.2) is 0 Å². The minimum atomic E-state index is -0.376. The van der Waals surface area contributed by atoms with Gasteiger partial charge in [0.1, 0.15) is 11.9 Å². The van der Waals surface area contributed by atoms with Crippen LogP contribution in [-0.2, 0) is 4.74 Å². The van der Waals surface area contributed by atoms with Crippen molar-refractivity contribution in [2.45, 2.75) is 18.9 Å². The molecule has 0 radical (unpaired) electrons. The van der Waals surface area contributed by atoms with E-state index in [-0.39, 0.29) is 18.0 Å². The zero-order valence-electron chi connectivity index (χ0n) is 9.43. The van der Waals surface area contributed by atoms with E-state index in [4.69, 9.17) is 10.5 Å². The van der Waals surface area contributed by atoms with Crippen LogP contribution in [0.5, 0.6) is 0 Å². The quantitative estimate of drug-likeness (QED) is 0.871. The number of amides is 1. The number of nitrogens with zero attached hydrogens (tertiary/aromatic N) is 1. The monoisotopic (exact) mass is 238 g/mol. The topological polar surface area (TPSA) is 55.6 Å². The molecule has 1 aliphatic heterocycles. The molecule has 1 aromatic rings. The highest BCUT2D eigenvalue weighted by atomic mass is 19.1. The molecule has 92 valence electrons. The Kier molecular flexibility index (Phi) is 3.58. The summed E-state index contributed by atoms with van der Waals surface area (Å²) < 4.78 is 18.0. The first-order chi connectivity index (χ1) is 8.20. The van der Waals surface area contributed by atoms with Crippen LogP contribution < -0.4 is 10.6 Å². The number of anilines is 1. The zero-order chi connectivity index (χ0) is 12.3. The normalized spacial score (nSPS) is 19.5. The minimum Gasteiger partial charge on any atom is -0.444 e. The maximum atomic E-state index is 12.8. The van der Waals surface area contributed by atoms with Crippen LogP contribution in [0.15, 0.2) is 24.3 Å². The number of nitrogens with two attached hydrogens (primary N) is 1. The molecule has 1 saturated heterocycles. The SMILES string of the molecule is NCCCC1CN(c2ccc(F)cc2)C(=O)O1. The summed E-state index contributed by atoms with van der Waals surface area (Å²) in [6.07, 6.45) is 1.10. The highest BCUT2D eigenvalue weighted by Gasteiger charge is 2.31. The Bertz CT molecular complexity index is 394. The molecule has 2 rings (SSSR count). The van der Waals surface area contributed by atoms with Crippen LogP contribution in [0.2, 0.25) is 0 Å². The summed E-state index contributed by atoms with van der Waals surface area (Å²) in [5, 5.41) is 0. The standard InChI is InChI=1S/C12H15FN2O2/c13-9-3-5-10(6-4-9)15-8-11(2-1-7-14)17-12(15)16/h3-6,11H,1-2,7-8,14H2. The summed E-state index contributed by atoms with van der Waals surface area (Å²) >= 11 is 0. The van der Waals surface area contributed by atoms with Crippen molar-refractivity contribution in [3.8, 4) is 0 Å². The van der Waals surface area contributed by atoms with Crippen molar-refractivity contribution in [1.82, 2.24) is 0 Å². The lowest BCUT2D eigenvalue weighted by Gasteiger charge is -2.12. The van der Waals surface area contributed by atoms with Crippen LogP contribution >= 0.6 is 0 Å². The van der Waals surface area contributed by atoms with Gasteiger partial charge in [-0.25, -0.2) is 9.18 Å². The third kappa shape index (κ3) is 2.74. The minimum absolute atomic E-state index is 0.115. The van der Waals surface area contributed by atoms with Crippen molar-refractivity contribution in [2.75, 3.05) is 18.0 Å². The van der Waals surface area contributed by atoms with Crippen LogP contribution in [0.1, 0.15) is 12.8 Å². The molecule has 0 bridgehead atoms. The van der Waals surface area contributed by atoms with Crippen molar-refractivity contribution >= 4 is 11.8 Å². The van der Waals surface area contributed by atoms with Crippen molar-refractivity contribution in [3.63, 3.8) is 0 Å². The van der Waals surface area contributed by atoms with E-state index in [1.165, 1.54) is 17.0 Å². The second-order valence-electron chi connectivity index (χ2n) is 4.02. The Hall–Kier alpha value is -1.62. The Balaban J connectivity index is 2.02. The summed E-state index contributed by atoms with van der Waals surface area (Å²) in [6.45, 7) is 1.09. The van der Waals surface area contributed by atoms with Crippen LogP contribution in [0.25, 0.3) is 0 Å². The second-order valence-corrected chi connectivity index (χ2v) is 4.02. The van der Waals surface area contributed by atoms with Crippen LogP contribution in [0.3, 0.4) is 0 Å². The highest BCUT2D eigenvalue weighted by Crippen LogP contribution is 2.23. The van der Waals surface area contributed by atoms with Gasteiger partial charge < -0.3 is 10.5 Å². The fourth-order valence-corrected chi connectivity index (χ4v) is 1.85. The molecule has 17 heavy (non-hydrogen) atoms. The molecule has 1 aromatic carbocycles. The first-order valence-corrected chi connectivity index (χ1v) is 5.64. The number of halogens is 1. The Morgan fingerprint density at radius 2 is 2.12 bits per heavy atom. The van der Waals surface area contributed by atoms with Crippen molar-refractivity contribution in [2.24, 2.45) is 5.73 Å². The second kappa shape index (κ2) is 5.14. The number of cyclic esters (lactones) is 1. The van der Waals surface area contributed by atoms with Gasteiger partial charge in [-0.15, -0.1) is 0 Å². The van der Waals surface area contributed by atoms with E-state index in [9.17, 15) is 9.18 Å². The van der Waals surface area contributed by atoms with E-state index >= 15 is 0 Å². The summed E-state index contributed by atoms with van der Waals surface area (Å²) in [5.41, 5.74) is 6.07. The maximum absolute atomic E-state index is 12.8. The molecule has 5 heteroatoms. The molecule has 0 aliphatic carbocycles. The molecule has 4 nitrogen and oxygen atoms in total. The molecule has 1 fully saturated rings. The molecular formula is C12H15FN2O2. The Morgan fingerprint density at radius 3 is 2.76 bits per heavy atom. The third-order valence-corrected chi connectivity index (χ3v) is 2.74. The molecule has 2 N–H and O–H groups in total. The Morgan fingerprint density at radius 1 is 1.41 bits per heavy atom. The fraction of sp³-hybridized carbons (Fsp3) is 0.417. The van der Waals surface area contributed by atoms with Gasteiger partial charge >= 0.3 is 6.09 Å². The fourth-order valence-electron chi connectivity index (χ4n) is 1.85.